The third-order valence-electron chi connectivity index (χ3n) is 3.26. The quantitative estimate of drug-likeness (QED) is 0.847. The first-order valence-electron chi connectivity index (χ1n) is 6.33. The molecule has 0 heterocycles. The zero-order chi connectivity index (χ0) is 14.8. The topological polar surface area (TPSA) is 63.4 Å². The standard InChI is InChI=1S/C13H21FN2O2S/c1-5-10(4)16(6-2)19(17,18)11-7-9(3)13(14)12(15)8-11/h7-8,10H,5-6,15H2,1-4H3. The molecule has 0 aliphatic heterocycles. The van der Waals surface area contributed by atoms with Gasteiger partial charge < -0.3 is 5.73 Å². The summed E-state index contributed by atoms with van der Waals surface area (Å²) < 4.78 is 39.9. The first kappa shape index (κ1) is 15.9. The van der Waals surface area contributed by atoms with E-state index in [9.17, 15) is 12.8 Å². The fraction of sp³-hybridized carbons (Fsp3) is 0.538. The second-order valence-electron chi connectivity index (χ2n) is 4.61. The zero-order valence-electron chi connectivity index (χ0n) is 11.8. The maximum atomic E-state index is 13.5. The van der Waals surface area contributed by atoms with Crippen LogP contribution in [0.1, 0.15) is 32.8 Å². The summed E-state index contributed by atoms with van der Waals surface area (Å²) in [4.78, 5) is 0.0473. The van der Waals surface area contributed by atoms with Gasteiger partial charge in [-0.25, -0.2) is 12.8 Å². The van der Waals surface area contributed by atoms with E-state index in [4.69, 9.17) is 5.73 Å². The number of halogens is 1. The van der Waals surface area contributed by atoms with Crippen molar-refractivity contribution in [2.24, 2.45) is 0 Å². The summed E-state index contributed by atoms with van der Waals surface area (Å²) in [6, 6.07) is 2.40. The predicted octanol–water partition coefficient (Wildman–Crippen LogP) is 2.53. The predicted molar refractivity (Wildman–Crippen MR) is 74.9 cm³/mol. The molecule has 0 aromatic heterocycles. The number of nitrogen functional groups attached to an aromatic ring is 1. The molecule has 1 rings (SSSR count). The summed E-state index contributed by atoms with van der Waals surface area (Å²) >= 11 is 0. The van der Waals surface area contributed by atoms with E-state index in [1.807, 2.05) is 13.8 Å². The maximum absolute atomic E-state index is 13.5. The van der Waals surface area contributed by atoms with Gasteiger partial charge in [0.15, 0.2) is 0 Å². The van der Waals surface area contributed by atoms with Crippen molar-refractivity contribution in [3.05, 3.63) is 23.5 Å². The Morgan fingerprint density at radius 1 is 1.37 bits per heavy atom. The molecule has 0 radical (unpaired) electrons. The molecule has 1 aromatic carbocycles. The van der Waals surface area contributed by atoms with Crippen molar-refractivity contribution in [1.29, 1.82) is 0 Å². The van der Waals surface area contributed by atoms with E-state index < -0.39 is 15.8 Å². The van der Waals surface area contributed by atoms with E-state index in [2.05, 4.69) is 0 Å². The molecule has 1 aromatic rings. The van der Waals surface area contributed by atoms with Gasteiger partial charge in [-0.3, -0.25) is 0 Å². The number of rotatable bonds is 5. The Morgan fingerprint density at radius 3 is 2.37 bits per heavy atom. The minimum absolute atomic E-state index is 0.0473. The molecule has 0 spiro atoms. The van der Waals surface area contributed by atoms with Crippen LogP contribution in [0.2, 0.25) is 0 Å². The number of sulfonamides is 1. The third-order valence-corrected chi connectivity index (χ3v) is 5.32. The van der Waals surface area contributed by atoms with Crippen molar-refractivity contribution in [1.82, 2.24) is 4.31 Å². The van der Waals surface area contributed by atoms with Crippen LogP contribution in [0.25, 0.3) is 0 Å². The molecule has 19 heavy (non-hydrogen) atoms. The lowest BCUT2D eigenvalue weighted by molar-refractivity contribution is 0.342. The molecule has 0 aliphatic rings. The molecule has 2 N–H and O–H groups in total. The average Bonchev–Trinajstić information content (AvgIpc) is 2.35. The van der Waals surface area contributed by atoms with Gasteiger partial charge in [0.25, 0.3) is 0 Å². The number of hydrogen-bond donors (Lipinski definition) is 1. The molecule has 6 heteroatoms. The Bertz CT molecular complexity index is 535. The second kappa shape index (κ2) is 5.88. The first-order chi connectivity index (χ1) is 8.75. The van der Waals surface area contributed by atoms with E-state index >= 15 is 0 Å². The fourth-order valence-electron chi connectivity index (χ4n) is 1.97. The normalized spacial score (nSPS) is 13.8. The molecule has 108 valence electrons. The fourth-order valence-corrected chi connectivity index (χ4v) is 3.80. The summed E-state index contributed by atoms with van der Waals surface area (Å²) in [6.07, 6.45) is 0.711. The number of nitrogens with two attached hydrogens (primary N) is 1. The average molecular weight is 288 g/mol. The van der Waals surface area contributed by atoms with Crippen molar-refractivity contribution in [3.8, 4) is 0 Å². The molecule has 1 unspecified atom stereocenters. The first-order valence-corrected chi connectivity index (χ1v) is 7.77. The van der Waals surface area contributed by atoms with Crippen LogP contribution in [0.3, 0.4) is 0 Å². The molecule has 0 aliphatic carbocycles. The molecule has 0 amide bonds. The van der Waals surface area contributed by atoms with Crippen LogP contribution in [0.4, 0.5) is 10.1 Å². The molecular formula is C13H21FN2O2S. The van der Waals surface area contributed by atoms with Gasteiger partial charge in [-0.2, -0.15) is 4.31 Å². The van der Waals surface area contributed by atoms with Crippen LogP contribution in [0, 0.1) is 12.7 Å². The Balaban J connectivity index is 3.34. The largest absolute Gasteiger partial charge is 0.396 e. The van der Waals surface area contributed by atoms with Gasteiger partial charge in [0.1, 0.15) is 5.82 Å². The van der Waals surface area contributed by atoms with Crippen LogP contribution in [0.15, 0.2) is 17.0 Å². The Kier molecular flexibility index (Phi) is 4.92. The van der Waals surface area contributed by atoms with Crippen LogP contribution in [-0.2, 0) is 10.0 Å². The van der Waals surface area contributed by atoms with Crippen LogP contribution in [-0.4, -0.2) is 25.3 Å². The van der Waals surface area contributed by atoms with E-state index in [0.717, 1.165) is 0 Å². The van der Waals surface area contributed by atoms with Gasteiger partial charge in [0, 0.05) is 12.6 Å². The van der Waals surface area contributed by atoms with Gasteiger partial charge in [0.05, 0.1) is 10.6 Å². The van der Waals surface area contributed by atoms with Gasteiger partial charge in [-0.1, -0.05) is 13.8 Å². The summed E-state index contributed by atoms with van der Waals surface area (Å²) in [6.45, 7) is 7.43. The van der Waals surface area contributed by atoms with Crippen LogP contribution in [0.5, 0.6) is 0 Å². The second-order valence-corrected chi connectivity index (χ2v) is 6.50. The number of benzene rings is 1. The molecule has 0 bridgehead atoms. The van der Waals surface area contributed by atoms with Crippen molar-refractivity contribution >= 4 is 15.7 Å². The Hall–Kier alpha value is -1.14. The summed E-state index contributed by atoms with van der Waals surface area (Å²) in [5.41, 5.74) is 5.61. The summed E-state index contributed by atoms with van der Waals surface area (Å²) in [5, 5.41) is 0. The van der Waals surface area contributed by atoms with Crippen molar-refractivity contribution in [2.45, 2.75) is 45.1 Å². The Morgan fingerprint density at radius 2 is 1.95 bits per heavy atom. The molecule has 4 nitrogen and oxygen atoms in total. The van der Waals surface area contributed by atoms with Crippen molar-refractivity contribution in [3.63, 3.8) is 0 Å². The maximum Gasteiger partial charge on any atom is 0.243 e. The number of aryl methyl sites for hydroxylation is 1. The smallest absolute Gasteiger partial charge is 0.243 e. The molecule has 0 saturated carbocycles. The molecule has 0 saturated heterocycles. The highest BCUT2D eigenvalue weighted by Gasteiger charge is 2.27. The van der Waals surface area contributed by atoms with Gasteiger partial charge in [-0.05, 0) is 38.0 Å². The highest BCUT2D eigenvalue weighted by atomic mass is 32.2. The van der Waals surface area contributed by atoms with Crippen LogP contribution >= 0.6 is 0 Å². The summed E-state index contributed by atoms with van der Waals surface area (Å²) in [5.74, 6) is -0.564. The lowest BCUT2D eigenvalue weighted by atomic mass is 10.2. The minimum atomic E-state index is -3.64. The van der Waals surface area contributed by atoms with Crippen molar-refractivity contribution < 1.29 is 12.8 Å². The van der Waals surface area contributed by atoms with E-state index in [0.29, 0.717) is 13.0 Å². The zero-order valence-corrected chi connectivity index (χ0v) is 12.6. The van der Waals surface area contributed by atoms with Crippen molar-refractivity contribution in [2.75, 3.05) is 12.3 Å². The van der Waals surface area contributed by atoms with Gasteiger partial charge >= 0.3 is 0 Å². The lowest BCUT2D eigenvalue weighted by Crippen LogP contribution is -2.38. The highest BCUT2D eigenvalue weighted by Crippen LogP contribution is 2.25. The van der Waals surface area contributed by atoms with Gasteiger partial charge in [-0.15, -0.1) is 0 Å². The monoisotopic (exact) mass is 288 g/mol. The molecular weight excluding hydrogens is 267 g/mol. The minimum Gasteiger partial charge on any atom is -0.396 e. The number of hydrogen-bond acceptors (Lipinski definition) is 3. The van der Waals surface area contributed by atoms with E-state index in [1.165, 1.54) is 23.4 Å². The molecule has 1 atom stereocenters. The Labute approximate surface area is 114 Å². The highest BCUT2D eigenvalue weighted by molar-refractivity contribution is 7.89. The van der Waals surface area contributed by atoms with Gasteiger partial charge in [0.2, 0.25) is 10.0 Å². The number of anilines is 1. The van der Waals surface area contributed by atoms with E-state index in [-0.39, 0.29) is 22.2 Å². The third kappa shape index (κ3) is 3.06. The van der Waals surface area contributed by atoms with E-state index in [1.54, 1.807) is 6.92 Å². The molecule has 0 fully saturated rings. The summed E-state index contributed by atoms with van der Waals surface area (Å²) in [7, 11) is -3.64. The SMILES string of the molecule is CCC(C)N(CC)S(=O)(=O)c1cc(C)c(F)c(N)c1. The number of nitrogens with zero attached hydrogens (tertiary/aromatic N) is 1. The lowest BCUT2D eigenvalue weighted by Gasteiger charge is -2.26. The van der Waals surface area contributed by atoms with Crippen LogP contribution < -0.4 is 5.73 Å².